The van der Waals surface area contributed by atoms with Gasteiger partial charge < -0.3 is 30.1 Å². The van der Waals surface area contributed by atoms with Gasteiger partial charge in [0.2, 0.25) is 11.8 Å². The first-order valence-electron chi connectivity index (χ1n) is 14.4. The third kappa shape index (κ3) is 6.32. The fourth-order valence-corrected chi connectivity index (χ4v) is 6.64. The molecule has 3 aromatic rings. The van der Waals surface area contributed by atoms with Crippen molar-refractivity contribution in [3.05, 3.63) is 52.9 Å². The monoisotopic (exact) mass is 580 g/mol. The number of carbonyl (C=O) groups excluding carboxylic acids is 2. The van der Waals surface area contributed by atoms with Gasteiger partial charge in [-0.1, -0.05) is 43.3 Å². The predicted octanol–water partition coefficient (Wildman–Crippen LogP) is 3.48. The van der Waals surface area contributed by atoms with Crippen LogP contribution in [0.2, 0.25) is 0 Å². The average Bonchev–Trinajstić information content (AvgIpc) is 3.69. The van der Waals surface area contributed by atoms with Crippen LogP contribution in [0, 0.1) is 12.8 Å². The molecule has 5 atom stereocenters. The Bertz CT molecular complexity index is 1350. The quantitative estimate of drug-likeness (QED) is 0.370. The van der Waals surface area contributed by atoms with E-state index in [1.807, 2.05) is 63.5 Å². The summed E-state index contributed by atoms with van der Waals surface area (Å²) in [5.41, 5.74) is 4.87. The zero-order valence-electron chi connectivity index (χ0n) is 24.3. The number of hydrogen-bond donors (Lipinski definition) is 3. The van der Waals surface area contributed by atoms with E-state index in [0.29, 0.717) is 17.6 Å². The second-order valence-electron chi connectivity index (χ2n) is 11.6. The van der Waals surface area contributed by atoms with Crippen molar-refractivity contribution in [2.75, 3.05) is 31.1 Å². The van der Waals surface area contributed by atoms with Crippen LogP contribution in [0.5, 0.6) is 0 Å². The van der Waals surface area contributed by atoms with E-state index in [0.717, 1.165) is 41.3 Å². The number of nitrogens with zero attached hydrogens (tertiary/aromatic N) is 4. The zero-order valence-corrected chi connectivity index (χ0v) is 25.1. The van der Waals surface area contributed by atoms with E-state index in [9.17, 15) is 14.7 Å². The maximum absolute atomic E-state index is 13.9. The van der Waals surface area contributed by atoms with Crippen molar-refractivity contribution < 1.29 is 19.2 Å². The lowest BCUT2D eigenvalue weighted by Crippen LogP contribution is -2.49. The first-order valence-corrected chi connectivity index (χ1v) is 15.2. The van der Waals surface area contributed by atoms with Crippen LogP contribution in [0.25, 0.3) is 10.4 Å². The molecule has 1 aromatic carbocycles. The van der Waals surface area contributed by atoms with Crippen LogP contribution in [0.1, 0.15) is 63.1 Å². The molecule has 2 aliphatic heterocycles. The smallest absolute Gasteiger partial charge is 0.243 e. The number of thiazole rings is 1. The van der Waals surface area contributed by atoms with Crippen molar-refractivity contribution in [1.82, 2.24) is 25.7 Å². The molecule has 4 heterocycles. The zero-order chi connectivity index (χ0) is 29.3. The number of aliphatic hydroxyl groups excluding tert-OH is 1. The van der Waals surface area contributed by atoms with Gasteiger partial charge in [0.1, 0.15) is 12.0 Å². The molecule has 0 unspecified atom stereocenters. The van der Waals surface area contributed by atoms with Crippen LogP contribution in [-0.4, -0.2) is 76.3 Å². The summed E-state index contributed by atoms with van der Waals surface area (Å²) in [6, 6.07) is 9.22. The number of rotatable bonds is 8. The number of aryl methyl sites for hydroxylation is 1. The normalized spacial score (nSPS) is 22.7. The summed E-state index contributed by atoms with van der Waals surface area (Å²) < 4.78 is 5.72. The fourth-order valence-electron chi connectivity index (χ4n) is 5.83. The average molecular weight is 581 g/mol. The molecule has 3 N–H and O–H groups in total. The summed E-state index contributed by atoms with van der Waals surface area (Å²) in [6.45, 7) is 12.5. The number of likely N-dealkylation sites (tertiary alicyclic amines) is 1. The Morgan fingerprint density at radius 1 is 1.20 bits per heavy atom. The third-order valence-corrected chi connectivity index (χ3v) is 9.07. The molecule has 2 fully saturated rings. The maximum atomic E-state index is 13.9. The standard InChI is InChI=1S/C30H40N6O4S/c1-17(2)27(25-13-26(34-40-25)35-11-10-31-18(3)14-35)30(39)36-15-23(37)12-24(36)29(38)33-19(4)21-6-8-22(9-7-21)28-20(5)32-16-41-28/h6-9,13,16-19,23-24,27,31,37H,10-12,14-15H2,1-5H3,(H,33,38)/t18-,19-,23+,24-,27+/m0/s1. The van der Waals surface area contributed by atoms with Crippen LogP contribution in [-0.2, 0) is 9.59 Å². The van der Waals surface area contributed by atoms with Crippen molar-refractivity contribution in [3.8, 4) is 10.4 Å². The minimum atomic E-state index is -0.771. The number of piperazine rings is 1. The molecule has 2 aliphatic rings. The molecule has 41 heavy (non-hydrogen) atoms. The summed E-state index contributed by atoms with van der Waals surface area (Å²) in [4.78, 5) is 36.5. The lowest BCUT2D eigenvalue weighted by molar-refractivity contribution is -0.141. The molecule has 2 amide bonds. The predicted molar refractivity (Wildman–Crippen MR) is 159 cm³/mol. The molecular formula is C30H40N6O4S. The molecule has 5 rings (SSSR count). The number of nitrogens with one attached hydrogen (secondary N) is 2. The first-order chi connectivity index (χ1) is 19.6. The van der Waals surface area contributed by atoms with Gasteiger partial charge in [0.25, 0.3) is 0 Å². The minimum Gasteiger partial charge on any atom is -0.391 e. The van der Waals surface area contributed by atoms with E-state index in [4.69, 9.17) is 4.52 Å². The number of aromatic nitrogens is 2. The first kappa shape index (κ1) is 29.2. The van der Waals surface area contributed by atoms with Crippen LogP contribution in [0.15, 0.2) is 40.4 Å². The topological polar surface area (TPSA) is 124 Å². The Morgan fingerprint density at radius 2 is 1.95 bits per heavy atom. The number of anilines is 1. The van der Waals surface area contributed by atoms with Crippen LogP contribution < -0.4 is 15.5 Å². The maximum Gasteiger partial charge on any atom is 0.243 e. The molecule has 2 saturated heterocycles. The van der Waals surface area contributed by atoms with Gasteiger partial charge in [-0.25, -0.2) is 4.98 Å². The van der Waals surface area contributed by atoms with Gasteiger partial charge in [-0.05, 0) is 37.8 Å². The second-order valence-corrected chi connectivity index (χ2v) is 12.5. The summed E-state index contributed by atoms with van der Waals surface area (Å²) in [6.07, 6.45) is -0.577. The van der Waals surface area contributed by atoms with E-state index >= 15 is 0 Å². The molecular weight excluding hydrogens is 540 g/mol. The van der Waals surface area contributed by atoms with E-state index < -0.39 is 18.1 Å². The third-order valence-electron chi connectivity index (χ3n) is 8.09. The number of benzene rings is 1. The van der Waals surface area contributed by atoms with Gasteiger partial charge in [-0.15, -0.1) is 11.3 Å². The highest BCUT2D eigenvalue weighted by molar-refractivity contribution is 7.13. The fraction of sp³-hybridized carbons (Fsp3) is 0.533. The lowest BCUT2D eigenvalue weighted by atomic mass is 9.91. The molecule has 0 aliphatic carbocycles. The molecule has 0 radical (unpaired) electrons. The summed E-state index contributed by atoms with van der Waals surface area (Å²) in [5.74, 6) is -0.0155. The van der Waals surface area contributed by atoms with Crippen molar-refractivity contribution >= 4 is 29.0 Å². The van der Waals surface area contributed by atoms with Crippen LogP contribution in [0.4, 0.5) is 5.82 Å². The summed E-state index contributed by atoms with van der Waals surface area (Å²) in [5, 5.41) is 21.3. The van der Waals surface area contributed by atoms with Crippen molar-refractivity contribution in [1.29, 1.82) is 0 Å². The van der Waals surface area contributed by atoms with Gasteiger partial charge in [-0.3, -0.25) is 9.59 Å². The second kappa shape index (κ2) is 12.3. The molecule has 0 bridgehead atoms. The van der Waals surface area contributed by atoms with Gasteiger partial charge in [0.05, 0.1) is 28.2 Å². The highest BCUT2D eigenvalue weighted by Gasteiger charge is 2.43. The van der Waals surface area contributed by atoms with E-state index in [1.165, 1.54) is 4.90 Å². The molecule has 10 nitrogen and oxygen atoms in total. The minimum absolute atomic E-state index is 0.0914. The van der Waals surface area contributed by atoms with Gasteiger partial charge >= 0.3 is 0 Å². The van der Waals surface area contributed by atoms with Gasteiger partial charge in [0.15, 0.2) is 11.6 Å². The Morgan fingerprint density at radius 3 is 2.61 bits per heavy atom. The van der Waals surface area contributed by atoms with E-state index in [1.54, 1.807) is 11.3 Å². The molecule has 0 saturated carbocycles. The lowest BCUT2D eigenvalue weighted by Gasteiger charge is -2.31. The number of amides is 2. The molecule has 2 aromatic heterocycles. The van der Waals surface area contributed by atoms with Crippen LogP contribution in [0.3, 0.4) is 0 Å². The van der Waals surface area contributed by atoms with E-state index in [-0.39, 0.29) is 36.7 Å². The number of aliphatic hydroxyl groups is 1. The summed E-state index contributed by atoms with van der Waals surface area (Å²) >= 11 is 1.60. The number of β-amino-alcohol motifs (C(OH)–C–C–N with tert-alkyl or cyclic N) is 1. The summed E-state index contributed by atoms with van der Waals surface area (Å²) in [7, 11) is 0. The number of hydrogen-bond acceptors (Lipinski definition) is 9. The van der Waals surface area contributed by atoms with Crippen molar-refractivity contribution in [3.63, 3.8) is 0 Å². The van der Waals surface area contributed by atoms with Crippen molar-refractivity contribution in [2.45, 2.75) is 71.2 Å². The van der Waals surface area contributed by atoms with Gasteiger partial charge in [0, 0.05) is 44.7 Å². The Kier molecular flexibility index (Phi) is 8.77. The Hall–Kier alpha value is -3.28. The SMILES string of the molecule is Cc1ncsc1-c1ccc([C@H](C)NC(=O)[C@@H]2C[C@@H](O)CN2C(=O)[C@@H](c2cc(N3CCN[C@@H](C)C3)no2)C(C)C)cc1. The molecule has 0 spiro atoms. The Labute approximate surface area is 245 Å². The highest BCUT2D eigenvalue weighted by Crippen LogP contribution is 2.33. The molecule has 220 valence electrons. The van der Waals surface area contributed by atoms with Crippen LogP contribution >= 0.6 is 11.3 Å². The largest absolute Gasteiger partial charge is 0.391 e. The van der Waals surface area contributed by atoms with Gasteiger partial charge in [-0.2, -0.15) is 0 Å². The van der Waals surface area contributed by atoms with E-state index in [2.05, 4.69) is 32.6 Å². The highest BCUT2D eigenvalue weighted by atomic mass is 32.1. The molecule has 11 heteroatoms. The number of carbonyl (C=O) groups is 2. The Balaban J connectivity index is 1.28. The van der Waals surface area contributed by atoms with Crippen molar-refractivity contribution in [2.24, 2.45) is 5.92 Å².